The highest BCUT2D eigenvalue weighted by Gasteiger charge is 2.31. The highest BCUT2D eigenvalue weighted by Crippen LogP contribution is 2.19. The van der Waals surface area contributed by atoms with Gasteiger partial charge in [-0.05, 0) is 45.2 Å². The number of hydrogen-bond acceptors (Lipinski definition) is 3. The lowest BCUT2D eigenvalue weighted by atomic mass is 10.1. The molecule has 1 aliphatic rings. The summed E-state index contributed by atoms with van der Waals surface area (Å²) in [6.45, 7) is 6.43. The third-order valence-electron chi connectivity index (χ3n) is 4.06. The molecule has 1 atom stereocenters. The molecule has 0 aliphatic carbocycles. The number of nitrogens with zero attached hydrogens (tertiary/aromatic N) is 2. The molecule has 0 unspecified atom stereocenters. The highest BCUT2D eigenvalue weighted by atomic mass is 16.2. The molecule has 1 aromatic rings. The Bertz CT molecular complexity index is 618. The molecule has 5 heteroatoms. The van der Waals surface area contributed by atoms with E-state index in [1.807, 2.05) is 6.92 Å². The van der Waals surface area contributed by atoms with Crippen LogP contribution in [-0.4, -0.2) is 33.7 Å². The van der Waals surface area contributed by atoms with Gasteiger partial charge in [0, 0.05) is 24.8 Å². The van der Waals surface area contributed by atoms with Crippen molar-refractivity contribution in [2.75, 3.05) is 6.54 Å². The normalized spacial score (nSPS) is 18.0. The van der Waals surface area contributed by atoms with Gasteiger partial charge in [-0.2, -0.15) is 0 Å². The number of carbonyl (C=O) groups excluding carboxylic acids is 2. The van der Waals surface area contributed by atoms with Crippen molar-refractivity contribution >= 4 is 11.7 Å². The Morgan fingerprint density at radius 2 is 2.10 bits per heavy atom. The second-order valence-electron chi connectivity index (χ2n) is 5.66. The average Bonchev–Trinajstić information content (AvgIpc) is 2.92. The zero-order valence-corrected chi connectivity index (χ0v) is 12.9. The molecular weight excluding hydrogens is 268 g/mol. The molecule has 0 aromatic carbocycles. The summed E-state index contributed by atoms with van der Waals surface area (Å²) in [4.78, 5) is 37.5. The molecule has 114 valence electrons. The van der Waals surface area contributed by atoms with Crippen LogP contribution in [0.15, 0.2) is 17.1 Å². The first kappa shape index (κ1) is 15.5. The van der Waals surface area contributed by atoms with Crippen LogP contribution >= 0.6 is 0 Å². The van der Waals surface area contributed by atoms with Crippen LogP contribution in [0.4, 0.5) is 0 Å². The van der Waals surface area contributed by atoms with E-state index >= 15 is 0 Å². The van der Waals surface area contributed by atoms with Crippen molar-refractivity contribution in [2.24, 2.45) is 0 Å². The lowest BCUT2D eigenvalue weighted by Crippen LogP contribution is -2.40. The summed E-state index contributed by atoms with van der Waals surface area (Å²) in [6.07, 6.45) is 3.62. The van der Waals surface area contributed by atoms with Gasteiger partial charge in [0.05, 0.1) is 12.5 Å². The molecule has 0 radical (unpaired) electrons. The maximum atomic E-state index is 12.4. The summed E-state index contributed by atoms with van der Waals surface area (Å²) in [7, 11) is 0. The van der Waals surface area contributed by atoms with Crippen LogP contribution in [0, 0.1) is 6.92 Å². The number of aryl methyl sites for hydroxylation is 2. The van der Waals surface area contributed by atoms with Gasteiger partial charge in [-0.1, -0.05) is 0 Å². The van der Waals surface area contributed by atoms with Crippen LogP contribution in [0.3, 0.4) is 0 Å². The number of aromatic nitrogens is 1. The van der Waals surface area contributed by atoms with E-state index < -0.39 is 0 Å². The summed E-state index contributed by atoms with van der Waals surface area (Å²) in [5.74, 6) is 0.0176. The topological polar surface area (TPSA) is 59.4 Å². The maximum absolute atomic E-state index is 12.4. The van der Waals surface area contributed by atoms with E-state index in [-0.39, 0.29) is 29.7 Å². The quantitative estimate of drug-likeness (QED) is 0.840. The van der Waals surface area contributed by atoms with Crippen molar-refractivity contribution in [3.05, 3.63) is 33.7 Å². The largest absolute Gasteiger partial charge is 0.332 e. The van der Waals surface area contributed by atoms with Crippen molar-refractivity contribution in [2.45, 2.75) is 52.6 Å². The fourth-order valence-corrected chi connectivity index (χ4v) is 2.96. The van der Waals surface area contributed by atoms with Gasteiger partial charge in [0.2, 0.25) is 5.91 Å². The van der Waals surface area contributed by atoms with E-state index in [0.717, 1.165) is 18.4 Å². The third kappa shape index (κ3) is 3.23. The van der Waals surface area contributed by atoms with Gasteiger partial charge >= 0.3 is 0 Å². The molecule has 2 heterocycles. The highest BCUT2D eigenvalue weighted by molar-refractivity contribution is 5.88. The number of pyridine rings is 1. The van der Waals surface area contributed by atoms with Crippen molar-refractivity contribution in [1.82, 2.24) is 9.47 Å². The van der Waals surface area contributed by atoms with Crippen LogP contribution in [-0.2, 0) is 22.6 Å². The van der Waals surface area contributed by atoms with E-state index in [4.69, 9.17) is 0 Å². The number of Topliss-reactive ketones (excluding diaryl/α,β-unsaturated/α-hetero) is 1. The standard InChI is InChI=1S/C16H22N2O3/c1-4-17-10-13(8-11(2)16(17)21)9-15(20)18-7-5-6-14(18)12(3)19/h8,10,14H,4-7,9H2,1-3H3/t14-/m0/s1. The lowest BCUT2D eigenvalue weighted by Gasteiger charge is -2.22. The lowest BCUT2D eigenvalue weighted by molar-refractivity contribution is -0.136. The second kappa shape index (κ2) is 6.24. The predicted octanol–water partition coefficient (Wildman–Crippen LogP) is 1.30. The Hall–Kier alpha value is -1.91. The van der Waals surface area contributed by atoms with Gasteiger partial charge in [0.15, 0.2) is 5.78 Å². The number of likely N-dealkylation sites (tertiary alicyclic amines) is 1. The van der Waals surface area contributed by atoms with Gasteiger partial charge in [-0.3, -0.25) is 14.4 Å². The van der Waals surface area contributed by atoms with E-state index in [1.54, 1.807) is 28.7 Å². The van der Waals surface area contributed by atoms with Gasteiger partial charge < -0.3 is 9.47 Å². The summed E-state index contributed by atoms with van der Waals surface area (Å²) in [5, 5.41) is 0. The maximum Gasteiger partial charge on any atom is 0.253 e. The molecule has 0 spiro atoms. The van der Waals surface area contributed by atoms with Crippen LogP contribution in [0.25, 0.3) is 0 Å². The number of ketones is 1. The first-order chi connectivity index (χ1) is 9.93. The Kier molecular flexibility index (Phi) is 4.60. The minimum atomic E-state index is -0.268. The van der Waals surface area contributed by atoms with Crippen molar-refractivity contribution < 1.29 is 9.59 Å². The molecule has 1 aromatic heterocycles. The number of hydrogen-bond donors (Lipinski definition) is 0. The molecule has 0 N–H and O–H groups in total. The fourth-order valence-electron chi connectivity index (χ4n) is 2.96. The second-order valence-corrected chi connectivity index (χ2v) is 5.66. The van der Waals surface area contributed by atoms with E-state index in [9.17, 15) is 14.4 Å². The summed E-state index contributed by atoms with van der Waals surface area (Å²) < 4.78 is 1.62. The molecule has 0 saturated carbocycles. The Morgan fingerprint density at radius 1 is 1.38 bits per heavy atom. The number of amides is 1. The van der Waals surface area contributed by atoms with Crippen molar-refractivity contribution in [1.29, 1.82) is 0 Å². The Labute approximate surface area is 124 Å². The molecule has 1 saturated heterocycles. The molecule has 1 amide bonds. The van der Waals surface area contributed by atoms with Gasteiger partial charge in [-0.25, -0.2) is 0 Å². The average molecular weight is 290 g/mol. The molecule has 5 nitrogen and oxygen atoms in total. The Balaban J connectivity index is 2.18. The molecule has 1 fully saturated rings. The molecule has 1 aliphatic heterocycles. The van der Waals surface area contributed by atoms with Crippen molar-refractivity contribution in [3.63, 3.8) is 0 Å². The minimum Gasteiger partial charge on any atom is -0.332 e. The first-order valence-corrected chi connectivity index (χ1v) is 7.44. The molecular formula is C16H22N2O3. The number of rotatable bonds is 4. The zero-order valence-electron chi connectivity index (χ0n) is 12.9. The van der Waals surface area contributed by atoms with Crippen LogP contribution in [0.5, 0.6) is 0 Å². The van der Waals surface area contributed by atoms with Gasteiger partial charge in [0.1, 0.15) is 0 Å². The first-order valence-electron chi connectivity index (χ1n) is 7.44. The molecule has 2 rings (SSSR count). The van der Waals surface area contributed by atoms with E-state index in [2.05, 4.69) is 0 Å². The summed E-state index contributed by atoms with van der Waals surface area (Å²) >= 11 is 0. The minimum absolute atomic E-state index is 0.0171. The monoisotopic (exact) mass is 290 g/mol. The van der Waals surface area contributed by atoms with Crippen LogP contribution in [0.2, 0.25) is 0 Å². The number of carbonyl (C=O) groups is 2. The Morgan fingerprint density at radius 3 is 2.71 bits per heavy atom. The molecule has 21 heavy (non-hydrogen) atoms. The van der Waals surface area contributed by atoms with Gasteiger partial charge in [-0.15, -0.1) is 0 Å². The van der Waals surface area contributed by atoms with Gasteiger partial charge in [0.25, 0.3) is 5.56 Å². The van der Waals surface area contributed by atoms with E-state index in [0.29, 0.717) is 18.7 Å². The van der Waals surface area contributed by atoms with Crippen LogP contribution in [0.1, 0.15) is 37.8 Å². The predicted molar refractivity (Wildman–Crippen MR) is 80.2 cm³/mol. The van der Waals surface area contributed by atoms with Crippen molar-refractivity contribution in [3.8, 4) is 0 Å². The van der Waals surface area contributed by atoms with E-state index in [1.165, 1.54) is 6.92 Å². The summed E-state index contributed by atoms with van der Waals surface area (Å²) in [5.41, 5.74) is 1.45. The van der Waals surface area contributed by atoms with Crippen LogP contribution < -0.4 is 5.56 Å². The third-order valence-corrected chi connectivity index (χ3v) is 4.06. The fraction of sp³-hybridized carbons (Fsp3) is 0.562. The molecule has 0 bridgehead atoms. The summed E-state index contributed by atoms with van der Waals surface area (Å²) in [6, 6.07) is 1.50. The SMILES string of the molecule is CCn1cc(CC(=O)N2CCC[C@H]2C(C)=O)cc(C)c1=O. The zero-order chi connectivity index (χ0) is 15.6. The smallest absolute Gasteiger partial charge is 0.253 e.